The first-order chi connectivity index (χ1) is 11.5. The van der Waals surface area contributed by atoms with Crippen molar-refractivity contribution in [2.45, 2.75) is 38.1 Å². The Hall–Kier alpha value is -2.11. The number of carboxylic acids is 1. The second-order valence-electron chi connectivity index (χ2n) is 6.87. The van der Waals surface area contributed by atoms with Crippen LogP contribution in [0.2, 0.25) is 0 Å². The highest BCUT2D eigenvalue weighted by Gasteiger charge is 2.40. The molecule has 24 heavy (non-hydrogen) atoms. The highest BCUT2D eigenvalue weighted by atomic mass is 19.1. The zero-order valence-corrected chi connectivity index (χ0v) is 13.6. The van der Waals surface area contributed by atoms with Gasteiger partial charge in [0.05, 0.1) is 7.11 Å². The van der Waals surface area contributed by atoms with Crippen molar-refractivity contribution in [2.75, 3.05) is 7.11 Å². The molecule has 1 aromatic carbocycles. The van der Waals surface area contributed by atoms with Gasteiger partial charge in [0.2, 0.25) is 5.91 Å². The fraction of sp³-hybridized carbons (Fsp3) is 0.556. The third-order valence-electron chi connectivity index (χ3n) is 5.39. The van der Waals surface area contributed by atoms with Crippen LogP contribution in [0, 0.1) is 23.6 Å². The normalized spacial score (nSPS) is 26.2. The molecule has 1 amide bonds. The zero-order chi connectivity index (χ0) is 17.3. The van der Waals surface area contributed by atoms with Crippen molar-refractivity contribution >= 4 is 11.9 Å². The lowest BCUT2D eigenvalue weighted by Gasteiger charge is -2.22. The van der Waals surface area contributed by atoms with Crippen molar-refractivity contribution in [3.8, 4) is 5.75 Å². The van der Waals surface area contributed by atoms with Crippen LogP contribution in [-0.4, -0.2) is 24.1 Å². The Morgan fingerprint density at radius 2 is 2.17 bits per heavy atom. The third kappa shape index (κ3) is 3.37. The van der Waals surface area contributed by atoms with E-state index in [0.717, 1.165) is 18.4 Å². The molecular weight excluding hydrogens is 313 g/mol. The van der Waals surface area contributed by atoms with E-state index >= 15 is 0 Å². The number of fused-ring (bicyclic) bond motifs is 2. The maximum absolute atomic E-state index is 13.8. The standard InChI is InChI=1S/C18H22FNO4/c1-24-15-5-4-12(8-14(15)19)17(18(22)23)20-16(21)9-13-7-10-2-3-11(13)6-10/h4-5,8,10-11,13,17H,2-3,6-7,9H2,1H3,(H,20,21)(H,22,23). The number of benzene rings is 1. The molecule has 2 N–H and O–H groups in total. The van der Waals surface area contributed by atoms with Crippen molar-refractivity contribution in [3.63, 3.8) is 0 Å². The number of rotatable bonds is 6. The molecule has 2 fully saturated rings. The summed E-state index contributed by atoms with van der Waals surface area (Å²) in [5.41, 5.74) is 0.196. The van der Waals surface area contributed by atoms with Crippen LogP contribution in [0.15, 0.2) is 18.2 Å². The van der Waals surface area contributed by atoms with Crippen molar-refractivity contribution < 1.29 is 23.8 Å². The van der Waals surface area contributed by atoms with E-state index < -0.39 is 17.8 Å². The number of carboxylic acid groups (broad SMARTS) is 1. The molecule has 0 aliphatic heterocycles. The average molecular weight is 335 g/mol. The zero-order valence-electron chi connectivity index (χ0n) is 13.6. The lowest BCUT2D eigenvalue weighted by atomic mass is 9.86. The second kappa shape index (κ2) is 6.79. The van der Waals surface area contributed by atoms with Crippen LogP contribution >= 0.6 is 0 Å². The lowest BCUT2D eigenvalue weighted by molar-refractivity contribution is -0.142. The number of carbonyl (C=O) groups is 2. The minimum Gasteiger partial charge on any atom is -0.494 e. The van der Waals surface area contributed by atoms with Gasteiger partial charge < -0.3 is 15.2 Å². The van der Waals surface area contributed by atoms with Gasteiger partial charge in [0.25, 0.3) is 0 Å². The first-order valence-electron chi connectivity index (χ1n) is 8.33. The molecule has 2 saturated carbocycles. The number of hydrogen-bond donors (Lipinski definition) is 2. The van der Waals surface area contributed by atoms with E-state index in [4.69, 9.17) is 4.74 Å². The summed E-state index contributed by atoms with van der Waals surface area (Å²) in [6, 6.07) is 2.66. The number of amides is 1. The Morgan fingerprint density at radius 1 is 1.38 bits per heavy atom. The molecular formula is C18H22FNO4. The maximum Gasteiger partial charge on any atom is 0.330 e. The molecule has 2 aliphatic carbocycles. The average Bonchev–Trinajstić information content (AvgIpc) is 3.15. The number of aliphatic carboxylic acids is 1. The van der Waals surface area contributed by atoms with E-state index in [9.17, 15) is 19.1 Å². The number of carbonyl (C=O) groups excluding carboxylic acids is 1. The van der Waals surface area contributed by atoms with Gasteiger partial charge in [-0.1, -0.05) is 12.5 Å². The second-order valence-corrected chi connectivity index (χ2v) is 6.87. The van der Waals surface area contributed by atoms with Gasteiger partial charge in [-0.25, -0.2) is 9.18 Å². The summed E-state index contributed by atoms with van der Waals surface area (Å²) in [5.74, 6) is -0.413. The number of methoxy groups -OCH3 is 1. The third-order valence-corrected chi connectivity index (χ3v) is 5.39. The van der Waals surface area contributed by atoms with Crippen molar-refractivity contribution in [2.24, 2.45) is 17.8 Å². The molecule has 2 aliphatic rings. The van der Waals surface area contributed by atoms with Crippen molar-refractivity contribution in [3.05, 3.63) is 29.6 Å². The SMILES string of the molecule is COc1ccc(C(NC(=O)CC2CC3CCC2C3)C(=O)O)cc1F. The quantitative estimate of drug-likeness (QED) is 0.838. The molecule has 130 valence electrons. The molecule has 6 heteroatoms. The Balaban J connectivity index is 1.66. The van der Waals surface area contributed by atoms with Gasteiger partial charge in [-0.2, -0.15) is 0 Å². The Kier molecular flexibility index (Phi) is 4.73. The molecule has 4 unspecified atom stereocenters. The van der Waals surface area contributed by atoms with Gasteiger partial charge in [-0.3, -0.25) is 4.79 Å². The van der Waals surface area contributed by atoms with Crippen LogP contribution in [-0.2, 0) is 9.59 Å². The van der Waals surface area contributed by atoms with E-state index in [-0.39, 0.29) is 17.2 Å². The molecule has 0 heterocycles. The van der Waals surface area contributed by atoms with E-state index in [2.05, 4.69) is 5.32 Å². The highest BCUT2D eigenvalue weighted by molar-refractivity contribution is 5.84. The molecule has 3 rings (SSSR count). The summed E-state index contributed by atoms with van der Waals surface area (Å²) in [7, 11) is 1.34. The minimum atomic E-state index is -1.25. The van der Waals surface area contributed by atoms with E-state index in [1.807, 2.05) is 0 Å². The van der Waals surface area contributed by atoms with Gasteiger partial charge in [-0.05, 0) is 54.7 Å². The van der Waals surface area contributed by atoms with Gasteiger partial charge >= 0.3 is 5.97 Å². The summed E-state index contributed by atoms with van der Waals surface area (Å²) >= 11 is 0. The number of halogens is 1. The van der Waals surface area contributed by atoms with Gasteiger partial charge in [0.1, 0.15) is 0 Å². The fourth-order valence-corrected chi connectivity index (χ4v) is 4.23. The minimum absolute atomic E-state index is 0.0381. The molecule has 0 spiro atoms. The van der Waals surface area contributed by atoms with E-state index in [1.165, 1.54) is 38.5 Å². The Labute approximate surface area is 140 Å². The number of nitrogens with one attached hydrogen (secondary N) is 1. The summed E-state index contributed by atoms with van der Waals surface area (Å²) in [6.07, 6.45) is 5.04. The van der Waals surface area contributed by atoms with Gasteiger partial charge in [0, 0.05) is 6.42 Å². The van der Waals surface area contributed by atoms with Crippen molar-refractivity contribution in [1.29, 1.82) is 0 Å². The molecule has 2 bridgehead atoms. The first kappa shape index (κ1) is 16.7. The molecule has 0 radical (unpaired) electrons. The van der Waals surface area contributed by atoms with Crippen LogP contribution in [0.1, 0.15) is 43.7 Å². The topological polar surface area (TPSA) is 75.6 Å². The van der Waals surface area contributed by atoms with Crippen LogP contribution in [0.3, 0.4) is 0 Å². The summed E-state index contributed by atoms with van der Waals surface area (Å²) in [6.45, 7) is 0. The van der Waals surface area contributed by atoms with Crippen LogP contribution in [0.5, 0.6) is 5.75 Å². The molecule has 0 aromatic heterocycles. The Bertz CT molecular complexity index is 648. The molecule has 1 aromatic rings. The van der Waals surface area contributed by atoms with E-state index in [1.54, 1.807) is 0 Å². The first-order valence-corrected chi connectivity index (χ1v) is 8.33. The van der Waals surface area contributed by atoms with Crippen LogP contribution in [0.25, 0.3) is 0 Å². The molecule has 0 saturated heterocycles. The van der Waals surface area contributed by atoms with Crippen molar-refractivity contribution in [1.82, 2.24) is 5.32 Å². The highest BCUT2D eigenvalue weighted by Crippen LogP contribution is 2.49. The largest absolute Gasteiger partial charge is 0.494 e. The number of hydrogen-bond acceptors (Lipinski definition) is 3. The van der Waals surface area contributed by atoms with Gasteiger partial charge in [-0.15, -0.1) is 0 Å². The van der Waals surface area contributed by atoms with Crippen LogP contribution in [0.4, 0.5) is 4.39 Å². The van der Waals surface area contributed by atoms with Gasteiger partial charge in [0.15, 0.2) is 17.6 Å². The Morgan fingerprint density at radius 3 is 2.71 bits per heavy atom. The summed E-state index contributed by atoms with van der Waals surface area (Å²) in [4.78, 5) is 23.8. The summed E-state index contributed by atoms with van der Waals surface area (Å²) < 4.78 is 18.6. The monoisotopic (exact) mass is 335 g/mol. The molecule has 5 nitrogen and oxygen atoms in total. The maximum atomic E-state index is 13.8. The number of ether oxygens (including phenoxy) is 1. The fourth-order valence-electron chi connectivity index (χ4n) is 4.23. The molecule has 4 atom stereocenters. The predicted octanol–water partition coefficient (Wildman–Crippen LogP) is 2.90. The summed E-state index contributed by atoms with van der Waals surface area (Å²) in [5, 5.41) is 11.9. The van der Waals surface area contributed by atoms with Crippen LogP contribution < -0.4 is 10.1 Å². The van der Waals surface area contributed by atoms with E-state index in [0.29, 0.717) is 18.3 Å². The predicted molar refractivity (Wildman–Crippen MR) is 85.0 cm³/mol. The lowest BCUT2D eigenvalue weighted by Crippen LogP contribution is -2.35. The smallest absolute Gasteiger partial charge is 0.330 e.